The molecule has 1 aliphatic heterocycles. The Morgan fingerprint density at radius 2 is 1.59 bits per heavy atom. The molecule has 9 heteroatoms. The van der Waals surface area contributed by atoms with Crippen molar-refractivity contribution in [1.82, 2.24) is 4.90 Å². The van der Waals surface area contributed by atoms with Gasteiger partial charge in [0, 0.05) is 43.9 Å². The molecule has 0 radical (unpaired) electrons. The third kappa shape index (κ3) is 5.02. The van der Waals surface area contributed by atoms with E-state index in [4.69, 9.17) is 25.8 Å². The van der Waals surface area contributed by atoms with E-state index >= 15 is 0 Å². The minimum atomic E-state index is -0.334. The zero-order valence-corrected chi connectivity index (χ0v) is 19.5. The van der Waals surface area contributed by atoms with Gasteiger partial charge in [-0.25, -0.2) is 0 Å². The molecule has 0 aliphatic carbocycles. The first kappa shape index (κ1) is 23.5. The zero-order valence-electron chi connectivity index (χ0n) is 18.7. The van der Waals surface area contributed by atoms with Crippen LogP contribution in [-0.2, 0) is 4.79 Å². The molecular weight excluding hydrogens is 434 g/mol. The van der Waals surface area contributed by atoms with Crippen molar-refractivity contribution in [3.63, 3.8) is 0 Å². The fourth-order valence-electron chi connectivity index (χ4n) is 3.68. The van der Waals surface area contributed by atoms with E-state index in [0.29, 0.717) is 66.1 Å². The fraction of sp³-hybridized carbons (Fsp3) is 0.391. The molecule has 2 amide bonds. The highest BCUT2D eigenvalue weighted by molar-refractivity contribution is 6.33. The molecule has 0 bridgehead atoms. The Hall–Kier alpha value is -3.13. The average molecular weight is 462 g/mol. The van der Waals surface area contributed by atoms with Crippen LogP contribution in [0.5, 0.6) is 17.2 Å². The van der Waals surface area contributed by atoms with Crippen molar-refractivity contribution in [1.29, 1.82) is 0 Å². The van der Waals surface area contributed by atoms with Gasteiger partial charge in [-0.2, -0.15) is 0 Å². The van der Waals surface area contributed by atoms with Crippen LogP contribution >= 0.6 is 11.6 Å². The number of hydrogen-bond donors (Lipinski definition) is 1. The standard InChI is InChI=1S/C23H28ClN3O5/c1-5-21(28)27-10-8-26(9-11-27)18-7-6-16(14-17(18)24)25-23(29)15-12-19(30-2)22(32-4)20(13-15)31-3/h6-7,12-14H,5,8-11H2,1-4H3,(H,25,29). The normalized spacial score (nSPS) is 13.5. The van der Waals surface area contributed by atoms with Crippen molar-refractivity contribution in [3.8, 4) is 17.2 Å². The average Bonchev–Trinajstić information content (AvgIpc) is 2.82. The SMILES string of the molecule is CCC(=O)N1CCN(c2ccc(NC(=O)c3cc(OC)c(OC)c(OC)c3)cc2Cl)CC1. The summed E-state index contributed by atoms with van der Waals surface area (Å²) in [5.74, 6) is 1.04. The Morgan fingerprint density at radius 1 is 0.969 bits per heavy atom. The van der Waals surface area contributed by atoms with Crippen molar-refractivity contribution in [2.75, 3.05) is 57.7 Å². The molecule has 2 aromatic carbocycles. The van der Waals surface area contributed by atoms with Gasteiger partial charge in [0.1, 0.15) is 0 Å². The van der Waals surface area contributed by atoms with Crippen LogP contribution in [0.2, 0.25) is 5.02 Å². The number of nitrogens with zero attached hydrogens (tertiary/aromatic N) is 2. The number of carbonyl (C=O) groups excluding carboxylic acids is 2. The third-order valence-corrected chi connectivity index (χ3v) is 5.71. The summed E-state index contributed by atoms with van der Waals surface area (Å²) in [5, 5.41) is 3.38. The molecular formula is C23H28ClN3O5. The number of carbonyl (C=O) groups is 2. The highest BCUT2D eigenvalue weighted by atomic mass is 35.5. The van der Waals surface area contributed by atoms with Gasteiger partial charge >= 0.3 is 0 Å². The third-order valence-electron chi connectivity index (χ3n) is 5.41. The lowest BCUT2D eigenvalue weighted by Gasteiger charge is -2.36. The van der Waals surface area contributed by atoms with E-state index in [0.717, 1.165) is 5.69 Å². The maximum absolute atomic E-state index is 12.8. The molecule has 1 saturated heterocycles. The lowest BCUT2D eigenvalue weighted by atomic mass is 10.1. The first-order valence-corrected chi connectivity index (χ1v) is 10.7. The van der Waals surface area contributed by atoms with Gasteiger partial charge in [0.05, 0.1) is 32.0 Å². The maximum Gasteiger partial charge on any atom is 0.255 e. The second-order valence-electron chi connectivity index (χ2n) is 7.26. The number of nitrogens with one attached hydrogen (secondary N) is 1. The number of benzene rings is 2. The number of anilines is 2. The number of hydrogen-bond acceptors (Lipinski definition) is 6. The van der Waals surface area contributed by atoms with E-state index in [1.54, 1.807) is 24.3 Å². The van der Waals surface area contributed by atoms with Crippen LogP contribution in [0.1, 0.15) is 23.7 Å². The largest absolute Gasteiger partial charge is 0.493 e. The van der Waals surface area contributed by atoms with Gasteiger partial charge in [0.15, 0.2) is 11.5 Å². The predicted molar refractivity (Wildman–Crippen MR) is 125 cm³/mol. The molecule has 1 aliphatic rings. The Balaban J connectivity index is 1.72. The molecule has 1 fully saturated rings. The maximum atomic E-state index is 12.8. The minimum absolute atomic E-state index is 0.167. The molecule has 32 heavy (non-hydrogen) atoms. The number of rotatable bonds is 7. The summed E-state index contributed by atoms with van der Waals surface area (Å²) in [7, 11) is 4.50. The van der Waals surface area contributed by atoms with Crippen molar-refractivity contribution in [2.45, 2.75) is 13.3 Å². The van der Waals surface area contributed by atoms with Gasteiger partial charge in [0.2, 0.25) is 11.7 Å². The minimum Gasteiger partial charge on any atom is -0.493 e. The molecule has 0 unspecified atom stereocenters. The van der Waals surface area contributed by atoms with Crippen molar-refractivity contribution < 1.29 is 23.8 Å². The van der Waals surface area contributed by atoms with E-state index in [1.807, 2.05) is 17.9 Å². The number of ether oxygens (including phenoxy) is 3. The number of piperazine rings is 1. The van der Waals surface area contributed by atoms with Crippen LogP contribution in [0.15, 0.2) is 30.3 Å². The zero-order chi connectivity index (χ0) is 23.3. The lowest BCUT2D eigenvalue weighted by Crippen LogP contribution is -2.48. The van der Waals surface area contributed by atoms with Gasteiger partial charge in [0.25, 0.3) is 5.91 Å². The molecule has 0 aromatic heterocycles. The van der Waals surface area contributed by atoms with Gasteiger partial charge in [-0.3, -0.25) is 9.59 Å². The Bertz CT molecular complexity index is 965. The van der Waals surface area contributed by atoms with Crippen LogP contribution in [0.25, 0.3) is 0 Å². The van der Waals surface area contributed by atoms with Gasteiger partial charge in [-0.1, -0.05) is 18.5 Å². The van der Waals surface area contributed by atoms with Gasteiger partial charge in [-0.05, 0) is 30.3 Å². The molecule has 1 heterocycles. The lowest BCUT2D eigenvalue weighted by molar-refractivity contribution is -0.131. The van der Waals surface area contributed by atoms with Crippen molar-refractivity contribution >= 4 is 34.8 Å². The Morgan fingerprint density at radius 3 is 2.09 bits per heavy atom. The van der Waals surface area contributed by atoms with Crippen LogP contribution in [0, 0.1) is 0 Å². The Kier molecular flexibility index (Phi) is 7.69. The molecule has 1 N–H and O–H groups in total. The second-order valence-corrected chi connectivity index (χ2v) is 7.66. The first-order chi connectivity index (χ1) is 15.4. The highest BCUT2D eigenvalue weighted by Crippen LogP contribution is 2.38. The number of methoxy groups -OCH3 is 3. The quantitative estimate of drug-likeness (QED) is 0.677. The first-order valence-electron chi connectivity index (χ1n) is 10.3. The smallest absolute Gasteiger partial charge is 0.255 e. The van der Waals surface area contributed by atoms with Crippen LogP contribution in [0.4, 0.5) is 11.4 Å². The number of amides is 2. The summed E-state index contributed by atoms with van der Waals surface area (Å²) in [6.45, 7) is 4.63. The van der Waals surface area contributed by atoms with Crippen LogP contribution in [-0.4, -0.2) is 64.2 Å². The Labute approximate surface area is 193 Å². The molecule has 172 valence electrons. The van der Waals surface area contributed by atoms with E-state index in [2.05, 4.69) is 10.2 Å². The molecule has 8 nitrogen and oxygen atoms in total. The highest BCUT2D eigenvalue weighted by Gasteiger charge is 2.22. The molecule has 2 aromatic rings. The summed E-state index contributed by atoms with van der Waals surface area (Å²) in [5.41, 5.74) is 1.80. The summed E-state index contributed by atoms with van der Waals surface area (Å²) >= 11 is 6.52. The monoisotopic (exact) mass is 461 g/mol. The fourth-order valence-corrected chi connectivity index (χ4v) is 3.98. The van der Waals surface area contributed by atoms with Gasteiger partial charge < -0.3 is 29.3 Å². The summed E-state index contributed by atoms with van der Waals surface area (Å²) in [4.78, 5) is 28.7. The van der Waals surface area contributed by atoms with E-state index < -0.39 is 0 Å². The molecule has 3 rings (SSSR count). The summed E-state index contributed by atoms with van der Waals surface area (Å²) in [6, 6.07) is 8.58. The van der Waals surface area contributed by atoms with E-state index in [-0.39, 0.29) is 11.8 Å². The number of halogens is 1. The predicted octanol–water partition coefficient (Wildman–Crippen LogP) is 3.68. The van der Waals surface area contributed by atoms with Gasteiger partial charge in [-0.15, -0.1) is 0 Å². The summed E-state index contributed by atoms with van der Waals surface area (Å²) in [6.07, 6.45) is 0.515. The van der Waals surface area contributed by atoms with Crippen molar-refractivity contribution in [2.24, 2.45) is 0 Å². The van der Waals surface area contributed by atoms with E-state index in [1.165, 1.54) is 21.3 Å². The topological polar surface area (TPSA) is 80.3 Å². The van der Waals surface area contributed by atoms with Crippen LogP contribution in [0.3, 0.4) is 0 Å². The van der Waals surface area contributed by atoms with E-state index in [9.17, 15) is 9.59 Å². The summed E-state index contributed by atoms with van der Waals surface area (Å²) < 4.78 is 15.9. The molecule has 0 atom stereocenters. The molecule has 0 spiro atoms. The second kappa shape index (κ2) is 10.5. The molecule has 0 saturated carbocycles. The van der Waals surface area contributed by atoms with Crippen molar-refractivity contribution in [3.05, 3.63) is 40.9 Å². The van der Waals surface area contributed by atoms with Crippen LogP contribution < -0.4 is 24.4 Å².